The number of ketones is 1. The molecule has 0 saturated heterocycles. The van der Waals surface area contributed by atoms with Gasteiger partial charge in [-0.15, -0.1) is 0 Å². The molecule has 14 heavy (non-hydrogen) atoms. The van der Waals surface area contributed by atoms with E-state index < -0.39 is 12.0 Å². The highest BCUT2D eigenvalue weighted by molar-refractivity contribution is 5.86. The van der Waals surface area contributed by atoms with Crippen LogP contribution < -0.4 is 15.8 Å². The van der Waals surface area contributed by atoms with Gasteiger partial charge in [-0.1, -0.05) is 0 Å². The summed E-state index contributed by atoms with van der Waals surface area (Å²) in [7, 11) is 0. The molecule has 1 atom stereocenters. The van der Waals surface area contributed by atoms with Crippen LogP contribution in [0, 0.1) is 5.82 Å². The second-order valence-electron chi connectivity index (χ2n) is 3.12. The van der Waals surface area contributed by atoms with Crippen molar-refractivity contribution in [2.75, 3.05) is 11.1 Å². The van der Waals surface area contributed by atoms with Crippen molar-refractivity contribution in [1.29, 1.82) is 0 Å². The van der Waals surface area contributed by atoms with Crippen molar-refractivity contribution in [3.8, 4) is 5.75 Å². The summed E-state index contributed by atoms with van der Waals surface area (Å²) in [6.07, 6.45) is -0.730. The summed E-state index contributed by atoms with van der Waals surface area (Å²) in [6.45, 7) is 1.39. The number of halogens is 1. The summed E-state index contributed by atoms with van der Waals surface area (Å²) in [5.41, 5.74) is 5.81. The molecule has 1 heterocycles. The number of carbonyl (C=O) groups is 1. The van der Waals surface area contributed by atoms with Crippen LogP contribution in [-0.4, -0.2) is 12.0 Å². The number of carbonyl (C=O) groups excluding carboxylic acids is 1. The first kappa shape index (κ1) is 8.80. The number of nitrogen functional groups attached to an aromatic ring is 1. The molecular formula is C9H9FN2O2. The predicted molar refractivity (Wildman–Crippen MR) is 49.5 cm³/mol. The van der Waals surface area contributed by atoms with E-state index in [9.17, 15) is 9.18 Å². The minimum Gasteiger partial charge on any atom is -0.461 e. The quantitative estimate of drug-likeness (QED) is 0.661. The van der Waals surface area contributed by atoms with E-state index in [0.29, 0.717) is 11.4 Å². The number of nitrogens with one attached hydrogen (secondary N) is 1. The van der Waals surface area contributed by atoms with Gasteiger partial charge < -0.3 is 15.8 Å². The fourth-order valence-electron chi connectivity index (χ4n) is 1.26. The van der Waals surface area contributed by atoms with Gasteiger partial charge in [-0.2, -0.15) is 0 Å². The average molecular weight is 196 g/mol. The van der Waals surface area contributed by atoms with Crippen LogP contribution in [0.4, 0.5) is 15.8 Å². The van der Waals surface area contributed by atoms with E-state index in [-0.39, 0.29) is 11.5 Å². The summed E-state index contributed by atoms with van der Waals surface area (Å²) in [4.78, 5) is 11.0. The second-order valence-corrected chi connectivity index (χ2v) is 3.12. The van der Waals surface area contributed by atoms with E-state index >= 15 is 0 Å². The zero-order valence-electron chi connectivity index (χ0n) is 7.50. The smallest absolute Gasteiger partial charge is 0.229 e. The first-order chi connectivity index (χ1) is 6.58. The first-order valence-electron chi connectivity index (χ1n) is 4.10. The Hall–Kier alpha value is -1.78. The Morgan fingerprint density at radius 1 is 1.64 bits per heavy atom. The van der Waals surface area contributed by atoms with Crippen LogP contribution in [0.5, 0.6) is 5.75 Å². The van der Waals surface area contributed by atoms with Crippen LogP contribution in [0.2, 0.25) is 0 Å². The van der Waals surface area contributed by atoms with E-state index in [1.165, 1.54) is 19.1 Å². The van der Waals surface area contributed by atoms with E-state index in [4.69, 9.17) is 10.5 Å². The monoisotopic (exact) mass is 196 g/mol. The van der Waals surface area contributed by atoms with Gasteiger partial charge in [0.15, 0.2) is 5.78 Å². The summed E-state index contributed by atoms with van der Waals surface area (Å²) >= 11 is 0. The third-order valence-corrected chi connectivity index (χ3v) is 2.00. The summed E-state index contributed by atoms with van der Waals surface area (Å²) < 4.78 is 18.2. The molecule has 1 aromatic carbocycles. The van der Waals surface area contributed by atoms with E-state index in [1.54, 1.807) is 0 Å². The van der Waals surface area contributed by atoms with Crippen molar-refractivity contribution < 1.29 is 13.9 Å². The molecule has 1 unspecified atom stereocenters. The van der Waals surface area contributed by atoms with E-state index in [2.05, 4.69) is 5.32 Å². The fraction of sp³-hybridized carbons (Fsp3) is 0.222. The number of hydrogen-bond donors (Lipinski definition) is 2. The lowest BCUT2D eigenvalue weighted by Gasteiger charge is -2.05. The van der Waals surface area contributed by atoms with Crippen molar-refractivity contribution in [3.63, 3.8) is 0 Å². The van der Waals surface area contributed by atoms with E-state index in [1.807, 2.05) is 0 Å². The summed E-state index contributed by atoms with van der Waals surface area (Å²) in [5, 5.41) is 2.73. The molecule has 0 radical (unpaired) electrons. The van der Waals surface area contributed by atoms with Crippen LogP contribution in [-0.2, 0) is 4.79 Å². The first-order valence-corrected chi connectivity index (χ1v) is 4.10. The average Bonchev–Trinajstić information content (AvgIpc) is 2.48. The number of ether oxygens (including phenoxy) is 1. The van der Waals surface area contributed by atoms with Crippen molar-refractivity contribution in [3.05, 3.63) is 17.9 Å². The van der Waals surface area contributed by atoms with Crippen LogP contribution in [0.1, 0.15) is 6.92 Å². The molecule has 1 aliphatic heterocycles. The Morgan fingerprint density at radius 2 is 2.36 bits per heavy atom. The zero-order valence-corrected chi connectivity index (χ0v) is 7.50. The number of hydrogen-bond acceptors (Lipinski definition) is 4. The molecule has 0 bridgehead atoms. The van der Waals surface area contributed by atoms with Gasteiger partial charge in [0.25, 0.3) is 0 Å². The Balaban J connectivity index is 2.36. The molecular weight excluding hydrogens is 187 g/mol. The maximum atomic E-state index is 13.0. The Morgan fingerprint density at radius 3 is 3.00 bits per heavy atom. The number of anilines is 2. The molecule has 0 saturated carbocycles. The molecule has 5 heteroatoms. The third-order valence-electron chi connectivity index (χ3n) is 2.00. The number of fused-ring (bicyclic) bond motifs is 1. The normalized spacial score (nSPS) is 18.3. The van der Waals surface area contributed by atoms with Crippen LogP contribution in [0.15, 0.2) is 12.1 Å². The number of Topliss-reactive ketones (excluding diaryl/α,β-unsaturated/α-hetero) is 1. The van der Waals surface area contributed by atoms with Gasteiger partial charge in [0.1, 0.15) is 11.6 Å². The van der Waals surface area contributed by atoms with Gasteiger partial charge in [0.2, 0.25) is 6.23 Å². The SMILES string of the molecule is CC(=O)C1Nc2cc(F)c(N)cc2O1. The van der Waals surface area contributed by atoms with Gasteiger partial charge >= 0.3 is 0 Å². The lowest BCUT2D eigenvalue weighted by molar-refractivity contribution is -0.122. The van der Waals surface area contributed by atoms with Crippen LogP contribution in [0.25, 0.3) is 0 Å². The minimum absolute atomic E-state index is 0.00903. The summed E-state index contributed by atoms with van der Waals surface area (Å²) in [6, 6.07) is 2.58. The lowest BCUT2D eigenvalue weighted by Crippen LogP contribution is -2.28. The Bertz CT molecular complexity index is 375. The maximum Gasteiger partial charge on any atom is 0.229 e. The topological polar surface area (TPSA) is 64.4 Å². The Labute approximate surface area is 79.9 Å². The molecule has 4 nitrogen and oxygen atoms in total. The highest BCUT2D eigenvalue weighted by Crippen LogP contribution is 2.35. The predicted octanol–water partition coefficient (Wildman–Crippen LogP) is 1.13. The van der Waals surface area contributed by atoms with Gasteiger partial charge in [-0.05, 0) is 0 Å². The highest BCUT2D eigenvalue weighted by Gasteiger charge is 2.26. The van der Waals surface area contributed by atoms with Gasteiger partial charge in [0, 0.05) is 19.1 Å². The molecule has 0 spiro atoms. The molecule has 0 fully saturated rings. The highest BCUT2D eigenvalue weighted by atomic mass is 19.1. The molecule has 1 aromatic rings. The molecule has 3 N–H and O–H groups in total. The lowest BCUT2D eigenvalue weighted by atomic mass is 10.2. The fourth-order valence-corrected chi connectivity index (χ4v) is 1.26. The number of nitrogens with two attached hydrogens (primary N) is 1. The van der Waals surface area contributed by atoms with Gasteiger partial charge in [-0.25, -0.2) is 4.39 Å². The number of benzene rings is 1. The molecule has 0 aromatic heterocycles. The zero-order chi connectivity index (χ0) is 10.3. The molecule has 1 aliphatic rings. The van der Waals surface area contributed by atoms with Crippen molar-refractivity contribution in [2.24, 2.45) is 0 Å². The molecule has 0 amide bonds. The van der Waals surface area contributed by atoms with Gasteiger partial charge in [0.05, 0.1) is 11.4 Å². The second kappa shape index (κ2) is 2.87. The standard InChI is InChI=1S/C9H9FN2O2/c1-4(13)9-12-7-2-5(10)6(11)3-8(7)14-9/h2-3,9,12H,11H2,1H3. The van der Waals surface area contributed by atoms with Crippen molar-refractivity contribution in [1.82, 2.24) is 0 Å². The third kappa shape index (κ3) is 1.26. The minimum atomic E-state index is -0.730. The van der Waals surface area contributed by atoms with Gasteiger partial charge in [-0.3, -0.25) is 4.79 Å². The van der Waals surface area contributed by atoms with E-state index in [0.717, 1.165) is 0 Å². The van der Waals surface area contributed by atoms with Crippen molar-refractivity contribution in [2.45, 2.75) is 13.2 Å². The maximum absolute atomic E-state index is 13.0. The summed E-state index contributed by atoms with van der Waals surface area (Å²) in [5.74, 6) is -0.284. The van der Waals surface area contributed by atoms with Crippen LogP contribution >= 0.6 is 0 Å². The molecule has 74 valence electrons. The molecule has 0 aliphatic carbocycles. The largest absolute Gasteiger partial charge is 0.461 e. The Kier molecular flexibility index (Phi) is 1.80. The van der Waals surface area contributed by atoms with Crippen molar-refractivity contribution >= 4 is 17.2 Å². The van der Waals surface area contributed by atoms with Crippen LogP contribution in [0.3, 0.4) is 0 Å². The number of rotatable bonds is 1. The molecule has 2 rings (SSSR count).